The van der Waals surface area contributed by atoms with Gasteiger partial charge in [0.2, 0.25) is 0 Å². The molecular formula is C15H18N2O4. The van der Waals surface area contributed by atoms with Gasteiger partial charge >= 0.3 is 0 Å². The number of hydrogen-bond acceptors (Lipinski definition) is 5. The number of carbonyl (C=O) groups excluding carboxylic acids is 1. The van der Waals surface area contributed by atoms with E-state index in [9.17, 15) is 9.90 Å². The highest BCUT2D eigenvalue weighted by Gasteiger charge is 2.09. The van der Waals surface area contributed by atoms with Crippen molar-refractivity contribution in [3.05, 3.63) is 29.3 Å². The predicted molar refractivity (Wildman–Crippen MR) is 77.8 cm³/mol. The van der Waals surface area contributed by atoms with Crippen LogP contribution in [0.4, 0.5) is 0 Å². The fourth-order valence-electron chi connectivity index (χ4n) is 1.61. The van der Waals surface area contributed by atoms with Gasteiger partial charge in [-0.2, -0.15) is 5.26 Å². The number of hydrogen-bond donors (Lipinski definition) is 2. The first-order valence-electron chi connectivity index (χ1n) is 6.38. The second-order valence-corrected chi connectivity index (χ2v) is 4.20. The topological polar surface area (TPSA) is 91.6 Å². The number of ether oxygens (including phenoxy) is 2. The fourth-order valence-corrected chi connectivity index (χ4v) is 1.61. The van der Waals surface area contributed by atoms with E-state index in [2.05, 4.69) is 5.32 Å². The van der Waals surface area contributed by atoms with Crippen LogP contribution in [0.15, 0.2) is 23.8 Å². The van der Waals surface area contributed by atoms with Gasteiger partial charge in [0.05, 0.1) is 7.11 Å². The first kappa shape index (κ1) is 16.5. The number of methoxy groups -OCH3 is 2. The van der Waals surface area contributed by atoms with Crippen LogP contribution >= 0.6 is 0 Å². The predicted octanol–water partition coefficient (Wildman–Crippen LogP) is 1.46. The van der Waals surface area contributed by atoms with E-state index in [-0.39, 0.29) is 17.1 Å². The van der Waals surface area contributed by atoms with Crippen LogP contribution in [0.25, 0.3) is 6.08 Å². The molecule has 0 radical (unpaired) electrons. The number of nitriles is 1. The molecule has 1 rings (SSSR count). The summed E-state index contributed by atoms with van der Waals surface area (Å²) >= 11 is 0. The average molecular weight is 290 g/mol. The van der Waals surface area contributed by atoms with Crippen molar-refractivity contribution in [1.29, 1.82) is 5.26 Å². The number of amides is 1. The van der Waals surface area contributed by atoms with Crippen molar-refractivity contribution in [2.24, 2.45) is 0 Å². The third kappa shape index (κ3) is 5.16. The molecule has 0 bridgehead atoms. The highest BCUT2D eigenvalue weighted by molar-refractivity contribution is 6.01. The summed E-state index contributed by atoms with van der Waals surface area (Å²) in [5.41, 5.74) is 0.577. The van der Waals surface area contributed by atoms with E-state index >= 15 is 0 Å². The number of nitrogens with one attached hydrogen (secondary N) is 1. The Morgan fingerprint density at radius 2 is 2.24 bits per heavy atom. The van der Waals surface area contributed by atoms with Gasteiger partial charge in [0, 0.05) is 20.3 Å². The molecule has 0 heterocycles. The SMILES string of the molecule is COCCCNC(=O)C(C#N)=Cc1ccc(O)c(OC)c1. The third-order valence-corrected chi connectivity index (χ3v) is 2.69. The zero-order chi connectivity index (χ0) is 15.7. The van der Waals surface area contributed by atoms with E-state index in [4.69, 9.17) is 14.7 Å². The molecule has 0 saturated carbocycles. The minimum absolute atomic E-state index is 0.00262. The van der Waals surface area contributed by atoms with E-state index in [0.717, 1.165) is 0 Å². The van der Waals surface area contributed by atoms with Gasteiger partial charge in [-0.1, -0.05) is 6.07 Å². The molecule has 112 valence electrons. The van der Waals surface area contributed by atoms with Crippen LogP contribution in [-0.4, -0.2) is 38.4 Å². The summed E-state index contributed by atoms with van der Waals surface area (Å²) in [7, 11) is 3.01. The summed E-state index contributed by atoms with van der Waals surface area (Å²) in [5.74, 6) is -0.167. The molecule has 21 heavy (non-hydrogen) atoms. The summed E-state index contributed by atoms with van der Waals surface area (Å²) < 4.78 is 9.85. The van der Waals surface area contributed by atoms with Crippen molar-refractivity contribution in [2.75, 3.05) is 27.4 Å². The molecule has 0 unspecified atom stereocenters. The molecule has 0 aliphatic carbocycles. The molecule has 0 atom stereocenters. The number of aromatic hydroxyl groups is 1. The van der Waals surface area contributed by atoms with Crippen LogP contribution < -0.4 is 10.1 Å². The lowest BCUT2D eigenvalue weighted by Crippen LogP contribution is -2.26. The highest BCUT2D eigenvalue weighted by Crippen LogP contribution is 2.27. The Balaban J connectivity index is 2.79. The lowest BCUT2D eigenvalue weighted by atomic mass is 10.1. The van der Waals surface area contributed by atoms with Gasteiger partial charge in [-0.15, -0.1) is 0 Å². The smallest absolute Gasteiger partial charge is 0.261 e. The molecule has 0 aliphatic rings. The van der Waals surface area contributed by atoms with E-state index < -0.39 is 5.91 Å². The zero-order valence-electron chi connectivity index (χ0n) is 12.0. The second kappa shape index (κ2) is 8.61. The highest BCUT2D eigenvalue weighted by atomic mass is 16.5. The van der Waals surface area contributed by atoms with Gasteiger partial charge in [0.25, 0.3) is 5.91 Å². The largest absolute Gasteiger partial charge is 0.504 e. The molecule has 0 fully saturated rings. The van der Waals surface area contributed by atoms with Crippen molar-refractivity contribution in [1.82, 2.24) is 5.32 Å². The molecular weight excluding hydrogens is 272 g/mol. The van der Waals surface area contributed by atoms with Gasteiger partial charge < -0.3 is 19.9 Å². The maximum Gasteiger partial charge on any atom is 0.261 e. The second-order valence-electron chi connectivity index (χ2n) is 4.20. The van der Waals surface area contributed by atoms with E-state index in [1.807, 2.05) is 6.07 Å². The standard InChI is InChI=1S/C15H18N2O4/c1-20-7-3-6-17-15(19)12(10-16)8-11-4-5-13(18)14(9-11)21-2/h4-5,8-9,18H,3,6-7H2,1-2H3,(H,17,19). The van der Waals surface area contributed by atoms with Crippen LogP contribution in [0.3, 0.4) is 0 Å². The Kier molecular flexibility index (Phi) is 6.78. The lowest BCUT2D eigenvalue weighted by molar-refractivity contribution is -0.117. The molecule has 1 aromatic carbocycles. The normalized spacial score (nSPS) is 10.8. The molecule has 2 N–H and O–H groups in total. The van der Waals surface area contributed by atoms with Crippen LogP contribution in [-0.2, 0) is 9.53 Å². The number of rotatable bonds is 7. The monoisotopic (exact) mass is 290 g/mol. The molecule has 0 aromatic heterocycles. The number of nitrogens with zero attached hydrogens (tertiary/aromatic N) is 1. The Hall–Kier alpha value is -2.52. The van der Waals surface area contributed by atoms with Crippen LogP contribution in [0.2, 0.25) is 0 Å². The Bertz CT molecular complexity index is 561. The number of phenolic OH excluding ortho intramolecular Hbond substituents is 1. The van der Waals surface area contributed by atoms with E-state index in [0.29, 0.717) is 25.1 Å². The van der Waals surface area contributed by atoms with Crippen molar-refractivity contribution in [3.63, 3.8) is 0 Å². The summed E-state index contributed by atoms with van der Waals surface area (Å²) in [6.07, 6.45) is 2.11. The van der Waals surface area contributed by atoms with Gasteiger partial charge in [-0.3, -0.25) is 4.79 Å². The Morgan fingerprint density at radius 3 is 2.86 bits per heavy atom. The first-order valence-corrected chi connectivity index (χ1v) is 6.38. The summed E-state index contributed by atoms with van der Waals surface area (Å²) in [5, 5.41) is 21.2. The average Bonchev–Trinajstić information content (AvgIpc) is 2.50. The van der Waals surface area contributed by atoms with Gasteiger partial charge in [0.1, 0.15) is 11.6 Å². The van der Waals surface area contributed by atoms with E-state index in [1.54, 1.807) is 19.2 Å². The van der Waals surface area contributed by atoms with Crippen molar-refractivity contribution >= 4 is 12.0 Å². The summed E-state index contributed by atoms with van der Waals surface area (Å²) in [6.45, 7) is 0.978. The number of benzene rings is 1. The van der Waals surface area contributed by atoms with Crippen LogP contribution in [0.1, 0.15) is 12.0 Å². The quantitative estimate of drug-likeness (QED) is 0.450. The van der Waals surface area contributed by atoms with Crippen molar-refractivity contribution < 1.29 is 19.4 Å². The van der Waals surface area contributed by atoms with E-state index in [1.165, 1.54) is 19.3 Å². The van der Waals surface area contributed by atoms with Gasteiger partial charge in [0.15, 0.2) is 11.5 Å². The van der Waals surface area contributed by atoms with Gasteiger partial charge in [-0.05, 0) is 30.2 Å². The third-order valence-electron chi connectivity index (χ3n) is 2.69. The Morgan fingerprint density at radius 1 is 1.48 bits per heavy atom. The molecule has 1 aromatic rings. The van der Waals surface area contributed by atoms with Gasteiger partial charge in [-0.25, -0.2) is 0 Å². The number of phenols is 1. The molecule has 1 amide bonds. The minimum Gasteiger partial charge on any atom is -0.504 e. The maximum absolute atomic E-state index is 11.8. The molecule has 0 saturated heterocycles. The molecule has 6 nitrogen and oxygen atoms in total. The maximum atomic E-state index is 11.8. The first-order chi connectivity index (χ1) is 10.1. The van der Waals surface area contributed by atoms with Crippen molar-refractivity contribution in [2.45, 2.75) is 6.42 Å². The summed E-state index contributed by atoms with van der Waals surface area (Å²) in [4.78, 5) is 11.8. The molecule has 0 aliphatic heterocycles. The van der Waals surface area contributed by atoms with Crippen LogP contribution in [0, 0.1) is 11.3 Å². The molecule has 6 heteroatoms. The fraction of sp³-hybridized carbons (Fsp3) is 0.333. The van der Waals surface area contributed by atoms with Crippen LogP contribution in [0.5, 0.6) is 11.5 Å². The zero-order valence-corrected chi connectivity index (χ0v) is 12.0. The summed E-state index contributed by atoms with van der Waals surface area (Å²) in [6, 6.07) is 6.44. The molecule has 0 spiro atoms. The van der Waals surface area contributed by atoms with Crippen molar-refractivity contribution in [3.8, 4) is 17.6 Å². The minimum atomic E-state index is -0.444. The number of carbonyl (C=O) groups is 1. The Labute approximate surface area is 123 Å². The lowest BCUT2D eigenvalue weighted by Gasteiger charge is -2.05.